The number of hydrogen-bond acceptors (Lipinski definition) is 3. The van der Waals surface area contributed by atoms with Crippen LogP contribution in [0.3, 0.4) is 0 Å². The summed E-state index contributed by atoms with van der Waals surface area (Å²) in [6.45, 7) is 2.12. The number of fused-ring (bicyclic) bond motifs is 1. The lowest BCUT2D eigenvalue weighted by atomic mass is 10.1. The van der Waals surface area contributed by atoms with Crippen LogP contribution in [0.25, 0.3) is 10.8 Å². The molecule has 2 rings (SSSR count). The van der Waals surface area contributed by atoms with Crippen LogP contribution in [-0.4, -0.2) is 10.7 Å². The molecule has 0 radical (unpaired) electrons. The number of nitrogen functional groups attached to an aromatic ring is 1. The minimum atomic E-state index is 0.822. The van der Waals surface area contributed by atoms with Gasteiger partial charge in [-0.3, -0.25) is 0 Å². The molecule has 0 amide bonds. The number of thioether (sulfide) groups is 1. The molecule has 0 fully saturated rings. The topological polar surface area (TPSA) is 38.9 Å². The van der Waals surface area contributed by atoms with Crippen LogP contribution in [0.4, 0.5) is 5.69 Å². The van der Waals surface area contributed by atoms with Crippen molar-refractivity contribution in [2.75, 3.05) is 11.5 Å². The van der Waals surface area contributed by atoms with Crippen molar-refractivity contribution in [3.8, 4) is 0 Å². The summed E-state index contributed by atoms with van der Waals surface area (Å²) >= 11 is 1.75. The lowest BCUT2D eigenvalue weighted by Crippen LogP contribution is -1.89. The highest BCUT2D eigenvalue weighted by Gasteiger charge is 2.03. The molecule has 0 atom stereocenters. The summed E-state index contributed by atoms with van der Waals surface area (Å²) in [7, 11) is 0. The van der Waals surface area contributed by atoms with Crippen molar-refractivity contribution in [3.63, 3.8) is 0 Å². The predicted octanol–water partition coefficient (Wildman–Crippen LogP) is 2.93. The number of rotatable bonds is 2. The normalized spacial score (nSPS) is 10.6. The first-order chi connectivity index (χ1) is 6.83. The van der Waals surface area contributed by atoms with Crippen LogP contribution in [0.2, 0.25) is 0 Å². The van der Waals surface area contributed by atoms with Gasteiger partial charge in [0.15, 0.2) is 0 Å². The van der Waals surface area contributed by atoms with E-state index < -0.39 is 0 Å². The largest absolute Gasteiger partial charge is 0.398 e. The minimum Gasteiger partial charge on any atom is -0.398 e. The van der Waals surface area contributed by atoms with E-state index in [-0.39, 0.29) is 0 Å². The van der Waals surface area contributed by atoms with Crippen molar-refractivity contribution in [1.82, 2.24) is 4.98 Å². The summed E-state index contributed by atoms with van der Waals surface area (Å²) in [5, 5.41) is 3.31. The highest BCUT2D eigenvalue weighted by Crippen LogP contribution is 2.28. The van der Waals surface area contributed by atoms with Crippen molar-refractivity contribution in [2.45, 2.75) is 11.9 Å². The Labute approximate surface area is 87.5 Å². The van der Waals surface area contributed by atoms with Gasteiger partial charge in [-0.25, -0.2) is 4.98 Å². The third-order valence-electron chi connectivity index (χ3n) is 2.08. The maximum atomic E-state index is 5.88. The highest BCUT2D eigenvalue weighted by atomic mass is 32.2. The number of anilines is 1. The average Bonchev–Trinajstić information content (AvgIpc) is 2.20. The van der Waals surface area contributed by atoms with E-state index in [1.165, 1.54) is 0 Å². The van der Waals surface area contributed by atoms with Gasteiger partial charge in [-0.2, -0.15) is 0 Å². The summed E-state index contributed by atoms with van der Waals surface area (Å²) in [5.74, 6) is 1.03. The van der Waals surface area contributed by atoms with E-state index in [0.717, 1.165) is 27.2 Å². The Hall–Kier alpha value is -1.22. The molecule has 0 aliphatic heterocycles. The van der Waals surface area contributed by atoms with Crippen LogP contribution in [0.1, 0.15) is 6.92 Å². The summed E-state index contributed by atoms with van der Waals surface area (Å²) in [4.78, 5) is 4.35. The molecule has 0 spiro atoms. The molecule has 2 nitrogen and oxygen atoms in total. The fourth-order valence-corrected chi connectivity index (χ4v) is 2.20. The molecule has 2 N–H and O–H groups in total. The van der Waals surface area contributed by atoms with Crippen LogP contribution < -0.4 is 5.73 Å². The minimum absolute atomic E-state index is 0.822. The van der Waals surface area contributed by atoms with E-state index in [1.807, 2.05) is 24.4 Å². The van der Waals surface area contributed by atoms with Crippen molar-refractivity contribution in [1.29, 1.82) is 0 Å². The summed E-state index contributed by atoms with van der Waals surface area (Å²) in [6, 6.07) is 7.92. The van der Waals surface area contributed by atoms with Gasteiger partial charge in [0.2, 0.25) is 0 Å². The Morgan fingerprint density at radius 1 is 1.29 bits per heavy atom. The van der Waals surface area contributed by atoms with Gasteiger partial charge in [0.05, 0.1) is 0 Å². The van der Waals surface area contributed by atoms with Crippen molar-refractivity contribution >= 4 is 28.2 Å². The van der Waals surface area contributed by atoms with Gasteiger partial charge in [-0.1, -0.05) is 19.1 Å². The molecule has 72 valence electrons. The summed E-state index contributed by atoms with van der Waals surface area (Å²) in [5.41, 5.74) is 6.71. The Morgan fingerprint density at radius 3 is 2.93 bits per heavy atom. The molecule has 14 heavy (non-hydrogen) atoms. The monoisotopic (exact) mass is 204 g/mol. The van der Waals surface area contributed by atoms with E-state index in [1.54, 1.807) is 11.8 Å². The number of pyridine rings is 1. The molecule has 2 aromatic rings. The quantitative estimate of drug-likeness (QED) is 0.604. The zero-order valence-corrected chi connectivity index (χ0v) is 8.84. The van der Waals surface area contributed by atoms with Crippen LogP contribution in [0.15, 0.2) is 35.5 Å². The number of benzene rings is 1. The molecule has 0 saturated carbocycles. The second-order valence-corrected chi connectivity index (χ2v) is 4.24. The number of nitrogens with zero attached hydrogens (tertiary/aromatic N) is 1. The van der Waals surface area contributed by atoms with E-state index in [0.29, 0.717) is 0 Å². The number of aromatic nitrogens is 1. The predicted molar refractivity (Wildman–Crippen MR) is 62.6 cm³/mol. The molecular weight excluding hydrogens is 192 g/mol. The SMILES string of the molecule is CCSc1nccc2c(N)cccc12. The lowest BCUT2D eigenvalue weighted by molar-refractivity contribution is 1.17. The number of nitrogens with two attached hydrogens (primary N) is 1. The number of hydrogen-bond donors (Lipinski definition) is 1. The van der Waals surface area contributed by atoms with Crippen LogP contribution in [-0.2, 0) is 0 Å². The molecule has 1 heterocycles. The average molecular weight is 204 g/mol. The standard InChI is InChI=1S/C11H12N2S/c1-2-14-11-9-4-3-5-10(12)8(9)6-7-13-11/h3-7H,2,12H2,1H3. The van der Waals surface area contributed by atoms with Crippen molar-refractivity contribution < 1.29 is 0 Å². The van der Waals surface area contributed by atoms with Crippen LogP contribution in [0, 0.1) is 0 Å². The maximum Gasteiger partial charge on any atom is 0.104 e. The van der Waals surface area contributed by atoms with Crippen LogP contribution >= 0.6 is 11.8 Å². The van der Waals surface area contributed by atoms with E-state index in [2.05, 4.69) is 18.0 Å². The van der Waals surface area contributed by atoms with Gasteiger partial charge < -0.3 is 5.73 Å². The van der Waals surface area contributed by atoms with E-state index in [9.17, 15) is 0 Å². The molecule has 1 aromatic heterocycles. The zero-order valence-electron chi connectivity index (χ0n) is 8.03. The van der Waals surface area contributed by atoms with Gasteiger partial charge in [0, 0.05) is 22.7 Å². The Morgan fingerprint density at radius 2 is 2.14 bits per heavy atom. The lowest BCUT2D eigenvalue weighted by Gasteiger charge is -2.05. The third-order valence-corrected chi connectivity index (χ3v) is 2.97. The Kier molecular flexibility index (Phi) is 2.59. The van der Waals surface area contributed by atoms with Gasteiger partial charge in [-0.15, -0.1) is 11.8 Å². The Balaban J connectivity index is 2.68. The fourth-order valence-electron chi connectivity index (χ4n) is 1.46. The van der Waals surface area contributed by atoms with Gasteiger partial charge in [0.25, 0.3) is 0 Å². The fraction of sp³-hybridized carbons (Fsp3) is 0.182. The maximum absolute atomic E-state index is 5.88. The smallest absolute Gasteiger partial charge is 0.104 e. The second-order valence-electron chi connectivity index (χ2n) is 2.99. The van der Waals surface area contributed by atoms with E-state index in [4.69, 9.17) is 5.73 Å². The molecule has 1 aromatic carbocycles. The zero-order chi connectivity index (χ0) is 9.97. The van der Waals surface area contributed by atoms with E-state index >= 15 is 0 Å². The van der Waals surface area contributed by atoms with Gasteiger partial charge in [0.1, 0.15) is 5.03 Å². The summed E-state index contributed by atoms with van der Waals surface area (Å²) < 4.78 is 0. The first-order valence-electron chi connectivity index (χ1n) is 4.59. The molecule has 3 heteroatoms. The van der Waals surface area contributed by atoms with Gasteiger partial charge in [-0.05, 0) is 17.9 Å². The third kappa shape index (κ3) is 1.55. The first kappa shape index (κ1) is 9.34. The summed E-state index contributed by atoms with van der Waals surface area (Å²) in [6.07, 6.45) is 1.82. The van der Waals surface area contributed by atoms with Crippen molar-refractivity contribution in [2.24, 2.45) is 0 Å². The Bertz CT molecular complexity index is 454. The van der Waals surface area contributed by atoms with Crippen LogP contribution in [0.5, 0.6) is 0 Å². The van der Waals surface area contributed by atoms with Crippen molar-refractivity contribution in [3.05, 3.63) is 30.5 Å². The first-order valence-corrected chi connectivity index (χ1v) is 5.57. The molecule has 0 bridgehead atoms. The van der Waals surface area contributed by atoms with Gasteiger partial charge >= 0.3 is 0 Å². The molecular formula is C11H12N2S. The molecule has 0 saturated heterocycles. The highest BCUT2D eigenvalue weighted by molar-refractivity contribution is 7.99. The molecule has 0 aliphatic carbocycles. The molecule has 0 unspecified atom stereocenters. The molecule has 0 aliphatic rings. The second kappa shape index (κ2) is 3.88.